The molecule has 1 aromatic heterocycles. The molecule has 30 heavy (non-hydrogen) atoms. The second kappa shape index (κ2) is 10.1. The smallest absolute Gasteiger partial charge is 0.278 e. The van der Waals surface area contributed by atoms with Gasteiger partial charge >= 0.3 is 0 Å². The SMILES string of the molecule is Cc1nonc1C(=O)N1CCCCN2CCCCC2CCc2cccc(c2)OCC1. The second-order valence-electron chi connectivity index (χ2n) is 8.42. The number of carbonyl (C=O) groups is 1. The van der Waals surface area contributed by atoms with E-state index in [1.807, 2.05) is 11.0 Å². The first-order chi connectivity index (χ1) is 14.7. The molecule has 7 nitrogen and oxygen atoms in total. The lowest BCUT2D eigenvalue weighted by molar-refractivity contribution is 0.0710. The molecule has 1 aromatic carbocycles. The molecular weight excluding hydrogens is 380 g/mol. The number of aromatic nitrogens is 2. The van der Waals surface area contributed by atoms with Crippen LogP contribution < -0.4 is 4.74 Å². The Morgan fingerprint density at radius 1 is 1.03 bits per heavy atom. The van der Waals surface area contributed by atoms with Crippen LogP contribution in [0.3, 0.4) is 0 Å². The molecule has 1 amide bonds. The van der Waals surface area contributed by atoms with E-state index in [2.05, 4.69) is 33.4 Å². The Hall–Kier alpha value is -2.41. The molecule has 0 N–H and O–H groups in total. The van der Waals surface area contributed by atoms with Crippen LogP contribution in [0.5, 0.6) is 5.75 Å². The van der Waals surface area contributed by atoms with Crippen LogP contribution >= 0.6 is 0 Å². The van der Waals surface area contributed by atoms with E-state index in [1.54, 1.807) is 6.92 Å². The van der Waals surface area contributed by atoms with Gasteiger partial charge in [-0.15, -0.1) is 0 Å². The topological polar surface area (TPSA) is 71.7 Å². The van der Waals surface area contributed by atoms with Gasteiger partial charge in [0.2, 0.25) is 0 Å². The van der Waals surface area contributed by atoms with Crippen LogP contribution in [0.4, 0.5) is 0 Å². The molecule has 0 aliphatic carbocycles. The maximum Gasteiger partial charge on any atom is 0.278 e. The molecule has 7 heteroatoms. The van der Waals surface area contributed by atoms with Gasteiger partial charge in [0.25, 0.3) is 5.91 Å². The third-order valence-electron chi connectivity index (χ3n) is 6.31. The molecular formula is C23H32N4O3. The molecule has 4 rings (SSSR count). The fourth-order valence-electron chi connectivity index (χ4n) is 4.59. The molecule has 3 heterocycles. The van der Waals surface area contributed by atoms with Crippen molar-refractivity contribution in [1.29, 1.82) is 0 Å². The first-order valence-electron chi connectivity index (χ1n) is 11.2. The Kier molecular flexibility index (Phi) is 7.00. The van der Waals surface area contributed by atoms with Crippen molar-refractivity contribution in [3.63, 3.8) is 0 Å². The first-order valence-corrected chi connectivity index (χ1v) is 11.2. The van der Waals surface area contributed by atoms with Crippen LogP contribution in [0, 0.1) is 6.92 Å². The van der Waals surface area contributed by atoms with Crippen molar-refractivity contribution in [2.24, 2.45) is 0 Å². The molecule has 0 radical (unpaired) electrons. The van der Waals surface area contributed by atoms with Gasteiger partial charge in [0.1, 0.15) is 18.1 Å². The molecule has 1 fully saturated rings. The molecule has 1 atom stereocenters. The number of nitrogens with zero attached hydrogens (tertiary/aromatic N) is 4. The lowest BCUT2D eigenvalue weighted by Crippen LogP contribution is -2.41. The Morgan fingerprint density at radius 3 is 2.70 bits per heavy atom. The Morgan fingerprint density at radius 2 is 1.87 bits per heavy atom. The Balaban J connectivity index is 1.49. The standard InChI is InChI=1S/C23H32N4O3/c1-18-22(25-30-24-18)23(28)27-14-5-4-13-26-12-3-2-8-20(26)11-10-19-7-6-9-21(17-19)29-16-15-27/h6-7,9,17,20H,2-5,8,10-16H2,1H3. The minimum Gasteiger partial charge on any atom is -0.492 e. The summed E-state index contributed by atoms with van der Waals surface area (Å²) in [6.45, 7) is 5.70. The molecule has 2 aromatic rings. The predicted molar refractivity (Wildman–Crippen MR) is 114 cm³/mol. The highest BCUT2D eigenvalue weighted by Crippen LogP contribution is 2.23. The van der Waals surface area contributed by atoms with Crippen LogP contribution in [0.2, 0.25) is 0 Å². The zero-order valence-corrected chi connectivity index (χ0v) is 17.9. The van der Waals surface area contributed by atoms with E-state index < -0.39 is 0 Å². The van der Waals surface area contributed by atoms with E-state index in [0.29, 0.717) is 37.1 Å². The highest BCUT2D eigenvalue weighted by Gasteiger charge is 2.24. The summed E-state index contributed by atoms with van der Waals surface area (Å²) in [5, 5.41) is 7.57. The fourth-order valence-corrected chi connectivity index (χ4v) is 4.59. The van der Waals surface area contributed by atoms with E-state index in [-0.39, 0.29) is 5.91 Å². The minimum atomic E-state index is -0.133. The number of carbonyl (C=O) groups excluding carboxylic acids is 1. The Labute approximate surface area is 178 Å². The quantitative estimate of drug-likeness (QED) is 0.714. The number of amides is 1. The van der Waals surface area contributed by atoms with Gasteiger partial charge in [-0.1, -0.05) is 23.7 Å². The third-order valence-corrected chi connectivity index (χ3v) is 6.31. The van der Waals surface area contributed by atoms with Crippen molar-refractivity contribution < 1.29 is 14.2 Å². The molecule has 1 saturated heterocycles. The van der Waals surface area contributed by atoms with Crippen LogP contribution in [-0.4, -0.2) is 64.8 Å². The van der Waals surface area contributed by atoms with Gasteiger partial charge < -0.3 is 14.5 Å². The number of ether oxygens (including phenoxy) is 1. The summed E-state index contributed by atoms with van der Waals surface area (Å²) in [7, 11) is 0. The van der Waals surface area contributed by atoms with Gasteiger partial charge in [0, 0.05) is 12.6 Å². The molecule has 162 valence electrons. The molecule has 2 bridgehead atoms. The van der Waals surface area contributed by atoms with E-state index in [0.717, 1.165) is 31.6 Å². The van der Waals surface area contributed by atoms with Crippen molar-refractivity contribution in [3.8, 4) is 5.75 Å². The van der Waals surface area contributed by atoms with E-state index in [1.165, 1.54) is 37.8 Å². The van der Waals surface area contributed by atoms with Gasteiger partial charge in [-0.25, -0.2) is 4.63 Å². The van der Waals surface area contributed by atoms with Crippen molar-refractivity contribution >= 4 is 5.91 Å². The fraction of sp³-hybridized carbons (Fsp3) is 0.609. The summed E-state index contributed by atoms with van der Waals surface area (Å²) in [6.07, 6.45) is 8.26. The summed E-state index contributed by atoms with van der Waals surface area (Å²) in [4.78, 5) is 17.5. The number of rotatable bonds is 1. The van der Waals surface area contributed by atoms with Gasteiger partial charge in [-0.2, -0.15) is 0 Å². The maximum atomic E-state index is 13.0. The van der Waals surface area contributed by atoms with Gasteiger partial charge in [0.15, 0.2) is 5.69 Å². The summed E-state index contributed by atoms with van der Waals surface area (Å²) < 4.78 is 10.7. The average Bonchev–Trinajstić information content (AvgIpc) is 3.19. The summed E-state index contributed by atoms with van der Waals surface area (Å²) in [5.41, 5.74) is 2.15. The average molecular weight is 413 g/mol. The number of aryl methyl sites for hydroxylation is 2. The number of hydrogen-bond acceptors (Lipinski definition) is 6. The maximum absolute atomic E-state index is 13.0. The Bertz CT molecular complexity index is 837. The van der Waals surface area contributed by atoms with Crippen molar-refractivity contribution in [2.45, 2.75) is 57.9 Å². The van der Waals surface area contributed by atoms with E-state index in [4.69, 9.17) is 9.37 Å². The minimum absolute atomic E-state index is 0.133. The van der Waals surface area contributed by atoms with Gasteiger partial charge in [0.05, 0.1) is 6.54 Å². The van der Waals surface area contributed by atoms with Crippen molar-refractivity contribution in [3.05, 3.63) is 41.2 Å². The van der Waals surface area contributed by atoms with Crippen LogP contribution in [0.1, 0.15) is 60.3 Å². The van der Waals surface area contributed by atoms with Gasteiger partial charge in [-0.05, 0) is 81.4 Å². The van der Waals surface area contributed by atoms with Crippen LogP contribution in [-0.2, 0) is 6.42 Å². The largest absolute Gasteiger partial charge is 0.492 e. The number of hydrogen-bond donors (Lipinski definition) is 0. The van der Waals surface area contributed by atoms with E-state index in [9.17, 15) is 4.79 Å². The zero-order chi connectivity index (χ0) is 20.8. The lowest BCUT2D eigenvalue weighted by atomic mass is 9.95. The predicted octanol–water partition coefficient (Wildman–Crippen LogP) is 3.48. The van der Waals surface area contributed by atoms with Crippen molar-refractivity contribution in [1.82, 2.24) is 20.1 Å². The molecule has 2 aliphatic heterocycles. The highest BCUT2D eigenvalue weighted by molar-refractivity contribution is 5.93. The first kappa shape index (κ1) is 20.8. The van der Waals surface area contributed by atoms with Crippen molar-refractivity contribution in [2.75, 3.05) is 32.8 Å². The van der Waals surface area contributed by atoms with Crippen LogP contribution in [0.25, 0.3) is 0 Å². The summed E-state index contributed by atoms with van der Waals surface area (Å²) in [5.74, 6) is 0.737. The van der Waals surface area contributed by atoms with E-state index >= 15 is 0 Å². The zero-order valence-electron chi connectivity index (χ0n) is 17.9. The summed E-state index contributed by atoms with van der Waals surface area (Å²) in [6, 6.07) is 9.05. The second-order valence-corrected chi connectivity index (χ2v) is 8.42. The monoisotopic (exact) mass is 412 g/mol. The number of benzene rings is 1. The number of piperidine rings is 1. The molecule has 2 aliphatic rings. The number of fused-ring (bicyclic) bond motifs is 3. The third kappa shape index (κ3) is 5.19. The van der Waals surface area contributed by atoms with Gasteiger partial charge in [-0.3, -0.25) is 4.79 Å². The lowest BCUT2D eigenvalue weighted by Gasteiger charge is -2.36. The summed E-state index contributed by atoms with van der Waals surface area (Å²) >= 11 is 0. The highest BCUT2D eigenvalue weighted by atomic mass is 16.6. The normalized spacial score (nSPS) is 21.8. The molecule has 0 saturated carbocycles. The molecule has 0 spiro atoms. The van der Waals surface area contributed by atoms with Crippen LogP contribution in [0.15, 0.2) is 28.9 Å². The molecule has 1 unspecified atom stereocenters.